The molecule has 0 unspecified atom stereocenters. The van der Waals surface area contributed by atoms with E-state index in [0.29, 0.717) is 27.9 Å². The highest BCUT2D eigenvalue weighted by molar-refractivity contribution is 6.19. The van der Waals surface area contributed by atoms with E-state index in [1.54, 1.807) is 17.0 Å². The van der Waals surface area contributed by atoms with Crippen molar-refractivity contribution in [3.63, 3.8) is 0 Å². The lowest BCUT2D eigenvalue weighted by molar-refractivity contribution is 0.672. The summed E-state index contributed by atoms with van der Waals surface area (Å²) in [4.78, 5) is 1.65. The summed E-state index contributed by atoms with van der Waals surface area (Å²) in [6.45, 7) is 0. The number of benzene rings is 9. The Morgan fingerprint density at radius 2 is 1.04 bits per heavy atom. The summed E-state index contributed by atoms with van der Waals surface area (Å²) in [6, 6.07) is 29.7. The fourth-order valence-electron chi connectivity index (χ4n) is 6.78. The predicted molar refractivity (Wildman–Crippen MR) is 220 cm³/mol. The zero-order valence-corrected chi connectivity index (χ0v) is 27.4. The lowest BCUT2D eigenvalue weighted by Crippen LogP contribution is -2.10. The summed E-state index contributed by atoms with van der Waals surface area (Å²) in [7, 11) is 0. The molecule has 244 valence electrons. The molecule has 1 heterocycles. The van der Waals surface area contributed by atoms with Crippen molar-refractivity contribution in [3.05, 3.63) is 200 Å². The third kappa shape index (κ3) is 5.21. The van der Waals surface area contributed by atoms with E-state index < -0.39 is 101 Å². The van der Waals surface area contributed by atoms with E-state index in [0.717, 1.165) is 38.1 Å². The van der Waals surface area contributed by atoms with Crippen LogP contribution in [0.3, 0.4) is 0 Å². The van der Waals surface area contributed by atoms with Crippen LogP contribution in [0.1, 0.15) is 17.8 Å². The molecule has 0 aliphatic rings. The van der Waals surface area contributed by atoms with E-state index in [4.69, 9.17) is 16.8 Å². The highest BCUT2D eigenvalue weighted by atomic mass is 16.3. The molecule has 2 heteroatoms. The van der Waals surface area contributed by atoms with Crippen molar-refractivity contribution in [2.24, 2.45) is 0 Å². The van der Waals surface area contributed by atoms with Gasteiger partial charge in [-0.15, -0.1) is 0 Å². The van der Waals surface area contributed by atoms with E-state index in [1.165, 1.54) is 0 Å². The molecule has 10 rings (SSSR count). The minimum absolute atomic E-state index is 0.159. The number of furan rings is 1. The summed E-state index contributed by atoms with van der Waals surface area (Å²) < 4.78 is 122. The second-order valence-corrected chi connectivity index (χ2v) is 12.3. The van der Waals surface area contributed by atoms with Gasteiger partial charge in [-0.1, -0.05) is 151 Å². The number of hydrogen-bond donors (Lipinski definition) is 0. The topological polar surface area (TPSA) is 16.4 Å². The van der Waals surface area contributed by atoms with Crippen molar-refractivity contribution in [3.8, 4) is 33.4 Å². The maximum atomic E-state index is 9.67. The largest absolute Gasteiger partial charge is 0.455 e. The maximum absolute atomic E-state index is 9.67. The van der Waals surface area contributed by atoms with E-state index in [9.17, 15) is 5.48 Å². The number of nitrogens with zero attached hydrogens (tertiary/aromatic N) is 1. The van der Waals surface area contributed by atoms with Gasteiger partial charge in [-0.25, -0.2) is 0 Å². The minimum atomic E-state index is -0.779. The first-order chi connectivity index (χ1) is 31.2. The monoisotopic (exact) mass is 676 g/mol. The second kappa shape index (κ2) is 12.5. The molecule has 0 saturated carbocycles. The van der Waals surface area contributed by atoms with E-state index in [1.807, 2.05) is 103 Å². The molecule has 0 fully saturated rings. The number of fused-ring (bicyclic) bond motifs is 6. The molecule has 52 heavy (non-hydrogen) atoms. The number of hydrogen-bond acceptors (Lipinski definition) is 2. The van der Waals surface area contributed by atoms with Crippen molar-refractivity contribution < 1.29 is 22.2 Å². The van der Waals surface area contributed by atoms with Gasteiger partial charge in [-0.2, -0.15) is 0 Å². The molecule has 0 bridgehead atoms. The molecule has 0 saturated heterocycles. The van der Waals surface area contributed by atoms with Crippen molar-refractivity contribution in [2.45, 2.75) is 0 Å². The highest BCUT2D eigenvalue weighted by Gasteiger charge is 2.21. The first kappa shape index (κ1) is 19.5. The third-order valence-corrected chi connectivity index (χ3v) is 9.25. The second-order valence-electron chi connectivity index (χ2n) is 12.3. The van der Waals surface area contributed by atoms with Gasteiger partial charge in [0.15, 0.2) is 0 Å². The predicted octanol–water partition coefficient (Wildman–Crippen LogP) is 14.4. The molecule has 0 radical (unpaired) electrons. The molecule has 10 aromatic rings. The first-order valence-electron chi connectivity index (χ1n) is 23.2. The molecule has 0 spiro atoms. The van der Waals surface area contributed by atoms with Crippen LogP contribution in [-0.2, 0) is 0 Å². The molecular formula is C50H33NO. The van der Waals surface area contributed by atoms with Crippen molar-refractivity contribution in [1.82, 2.24) is 0 Å². The molecule has 2 nitrogen and oxygen atoms in total. The molecule has 0 N–H and O–H groups in total. The number of rotatable bonds is 6. The molecule has 0 amide bonds. The fraction of sp³-hybridized carbons (Fsp3) is 0. The van der Waals surface area contributed by atoms with Gasteiger partial charge in [0.2, 0.25) is 0 Å². The zero-order chi connectivity index (χ0) is 45.7. The summed E-state index contributed by atoms with van der Waals surface area (Å²) >= 11 is 0. The fourth-order valence-corrected chi connectivity index (χ4v) is 6.78. The van der Waals surface area contributed by atoms with Gasteiger partial charge < -0.3 is 9.32 Å². The quantitative estimate of drug-likeness (QED) is 0.174. The van der Waals surface area contributed by atoms with E-state index in [2.05, 4.69) is 6.07 Å². The molecular weight excluding hydrogens is 631 g/mol. The van der Waals surface area contributed by atoms with Crippen LogP contribution in [0.15, 0.2) is 204 Å². The van der Waals surface area contributed by atoms with Gasteiger partial charge in [-0.05, 0) is 98.0 Å². The van der Waals surface area contributed by atoms with Crippen molar-refractivity contribution >= 4 is 60.5 Å². The Labute approximate surface area is 320 Å². The average Bonchev–Trinajstić information content (AvgIpc) is 3.72. The normalized spacial score (nSPS) is 15.0. The Morgan fingerprint density at radius 1 is 0.404 bits per heavy atom. The van der Waals surface area contributed by atoms with Crippen LogP contribution in [0.5, 0.6) is 0 Å². The standard InChI is InChI=1S/C50H33NO/c1-2-10-34(11-3-1)36-20-22-37(23-21-36)38-26-29-43(30-27-38)51(44-16-8-15-41(33-44)42-25-24-35-12-4-5-14-40(35)32-42)47-18-9-19-48-49(47)46-31-28-39-13-6-7-17-45(39)50(46)52-48/h1-33H/i1D,2D,3D,10D,11D,20D,21D,22D,23D,26D,27D,29D,30D. The summed E-state index contributed by atoms with van der Waals surface area (Å²) in [5, 5.41) is 5.33. The van der Waals surface area contributed by atoms with E-state index in [-0.39, 0.29) is 5.69 Å². The SMILES string of the molecule is [2H]c1c([2H])c([2H])c(-c2c([2H])c([2H])c(-c3c([2H])c([2H])c(N(c4cccc(-c5ccc6ccccc6c5)c4)c4cccc5oc6c7ccccc7ccc6c45)c([2H])c3[2H])c([2H])c2[2H])c([2H])c1[2H]. The smallest absolute Gasteiger partial charge is 0.143 e. The summed E-state index contributed by atoms with van der Waals surface area (Å²) in [5.41, 5.74) is 1.51. The van der Waals surface area contributed by atoms with E-state index >= 15 is 0 Å². The summed E-state index contributed by atoms with van der Waals surface area (Å²) in [6.07, 6.45) is 0. The van der Waals surface area contributed by atoms with Gasteiger partial charge in [0, 0.05) is 22.1 Å². The summed E-state index contributed by atoms with van der Waals surface area (Å²) in [5.74, 6) is 0. The van der Waals surface area contributed by atoms with Crippen LogP contribution in [0, 0.1) is 0 Å². The van der Waals surface area contributed by atoms with Crippen molar-refractivity contribution in [1.29, 1.82) is 0 Å². The van der Waals surface area contributed by atoms with Crippen LogP contribution >= 0.6 is 0 Å². The van der Waals surface area contributed by atoms with Crippen LogP contribution in [0.25, 0.3) is 76.9 Å². The molecule has 0 aliphatic heterocycles. The minimum Gasteiger partial charge on any atom is -0.455 e. The first-order valence-corrected chi connectivity index (χ1v) is 16.7. The van der Waals surface area contributed by atoms with Gasteiger partial charge >= 0.3 is 0 Å². The third-order valence-electron chi connectivity index (χ3n) is 9.25. The molecule has 9 aromatic carbocycles. The lowest BCUT2D eigenvalue weighted by Gasteiger charge is -2.27. The van der Waals surface area contributed by atoms with Gasteiger partial charge in [0.1, 0.15) is 11.2 Å². The Balaban J connectivity index is 1.23. The molecule has 0 aliphatic carbocycles. The Bertz CT molecular complexity index is 3590. The van der Waals surface area contributed by atoms with Gasteiger partial charge in [0.05, 0.1) is 28.9 Å². The lowest BCUT2D eigenvalue weighted by atomic mass is 9.99. The van der Waals surface area contributed by atoms with Crippen LogP contribution in [0.2, 0.25) is 0 Å². The van der Waals surface area contributed by atoms with Crippen LogP contribution < -0.4 is 4.90 Å². The highest BCUT2D eigenvalue weighted by Crippen LogP contribution is 2.45. The van der Waals surface area contributed by atoms with Crippen LogP contribution in [0.4, 0.5) is 17.1 Å². The van der Waals surface area contributed by atoms with Gasteiger partial charge in [0.25, 0.3) is 0 Å². The molecule has 1 aromatic heterocycles. The Kier molecular flexibility index (Phi) is 4.67. The average molecular weight is 677 g/mol. The number of anilines is 3. The Morgan fingerprint density at radius 3 is 1.83 bits per heavy atom. The van der Waals surface area contributed by atoms with Gasteiger partial charge in [-0.3, -0.25) is 0 Å². The van der Waals surface area contributed by atoms with Crippen molar-refractivity contribution in [2.75, 3.05) is 4.90 Å². The molecule has 0 atom stereocenters. The zero-order valence-electron chi connectivity index (χ0n) is 40.4. The maximum Gasteiger partial charge on any atom is 0.143 e. The Hall–Kier alpha value is -6.90. The van der Waals surface area contributed by atoms with Crippen LogP contribution in [-0.4, -0.2) is 0 Å².